The van der Waals surface area contributed by atoms with Crippen molar-refractivity contribution in [3.05, 3.63) is 75.6 Å². The van der Waals surface area contributed by atoms with Gasteiger partial charge in [-0.25, -0.2) is 0 Å². The summed E-state index contributed by atoms with van der Waals surface area (Å²) in [6, 6.07) is 15.5. The fourth-order valence-corrected chi connectivity index (χ4v) is 3.16. The molecule has 0 radical (unpaired) electrons. The summed E-state index contributed by atoms with van der Waals surface area (Å²) < 4.78 is 5.38. The molecule has 5 nitrogen and oxygen atoms in total. The number of aromatic amines is 1. The van der Waals surface area contributed by atoms with Crippen molar-refractivity contribution >= 4 is 16.8 Å². The molecule has 2 aromatic carbocycles. The summed E-state index contributed by atoms with van der Waals surface area (Å²) in [4.78, 5) is 29.3. The van der Waals surface area contributed by atoms with Crippen molar-refractivity contribution in [3.8, 4) is 5.75 Å². The summed E-state index contributed by atoms with van der Waals surface area (Å²) in [7, 11) is 1.61. The Morgan fingerprint density at radius 3 is 2.52 bits per heavy atom. The normalized spacial score (nSPS) is 10.8. The van der Waals surface area contributed by atoms with Crippen molar-refractivity contribution in [2.75, 3.05) is 7.11 Å². The number of hydrogen-bond acceptors (Lipinski definition) is 3. The minimum atomic E-state index is -0.168. The largest absolute Gasteiger partial charge is 0.496 e. The van der Waals surface area contributed by atoms with E-state index in [9.17, 15) is 9.59 Å². The second kappa shape index (κ2) is 8.08. The monoisotopic (exact) mass is 364 g/mol. The molecule has 0 unspecified atom stereocenters. The van der Waals surface area contributed by atoms with E-state index in [1.807, 2.05) is 42.5 Å². The van der Waals surface area contributed by atoms with Crippen molar-refractivity contribution in [1.29, 1.82) is 0 Å². The van der Waals surface area contributed by atoms with Gasteiger partial charge in [-0.05, 0) is 41.6 Å². The van der Waals surface area contributed by atoms with Crippen LogP contribution in [0, 0.1) is 0 Å². The number of H-pyrrole nitrogens is 1. The molecule has 0 atom stereocenters. The number of aromatic nitrogens is 1. The Morgan fingerprint density at radius 1 is 1.07 bits per heavy atom. The van der Waals surface area contributed by atoms with Crippen molar-refractivity contribution in [2.24, 2.45) is 0 Å². The number of nitrogens with zero attached hydrogens (tertiary/aromatic N) is 1. The number of pyridine rings is 1. The summed E-state index contributed by atoms with van der Waals surface area (Å²) in [5.41, 5.74) is 3.32. The van der Waals surface area contributed by atoms with Crippen LogP contribution in [0.1, 0.15) is 30.5 Å². The first kappa shape index (κ1) is 18.7. The molecular formula is C22H24N2O3. The van der Waals surface area contributed by atoms with Gasteiger partial charge in [0, 0.05) is 30.1 Å². The molecule has 5 heteroatoms. The van der Waals surface area contributed by atoms with Crippen LogP contribution in [0.4, 0.5) is 0 Å². The van der Waals surface area contributed by atoms with Crippen LogP contribution in [0.2, 0.25) is 0 Å². The lowest BCUT2D eigenvalue weighted by Gasteiger charge is -2.22. The van der Waals surface area contributed by atoms with Crippen LogP contribution in [-0.2, 0) is 24.3 Å². The van der Waals surface area contributed by atoms with E-state index in [-0.39, 0.29) is 18.0 Å². The van der Waals surface area contributed by atoms with E-state index in [1.54, 1.807) is 12.0 Å². The molecule has 27 heavy (non-hydrogen) atoms. The third kappa shape index (κ3) is 4.19. The van der Waals surface area contributed by atoms with E-state index in [0.717, 1.165) is 28.6 Å². The standard InChI is InChI=1S/C22H24N2O3/c1-4-16-9-10-20-18(11-16)12-19(22(26)23-20)14-24(15(2)25)13-17-7-5-6-8-21(17)27-3/h5-12H,4,13-14H2,1-3H3,(H,23,26). The van der Waals surface area contributed by atoms with Gasteiger partial charge in [-0.1, -0.05) is 31.2 Å². The molecule has 3 aromatic rings. The number of ether oxygens (including phenoxy) is 1. The highest BCUT2D eigenvalue weighted by molar-refractivity contribution is 5.80. The lowest BCUT2D eigenvalue weighted by atomic mass is 10.1. The SMILES string of the molecule is CCc1ccc2[nH]c(=O)c(CN(Cc3ccccc3OC)C(C)=O)cc2c1. The summed E-state index contributed by atoms with van der Waals surface area (Å²) in [6.07, 6.45) is 0.928. The molecule has 1 aromatic heterocycles. The summed E-state index contributed by atoms with van der Waals surface area (Å²) in [6.45, 7) is 4.24. The van der Waals surface area contributed by atoms with Gasteiger partial charge in [-0.15, -0.1) is 0 Å². The molecule has 1 N–H and O–H groups in total. The molecule has 3 rings (SSSR count). The Morgan fingerprint density at radius 2 is 1.81 bits per heavy atom. The molecule has 140 valence electrons. The van der Waals surface area contributed by atoms with Crippen LogP contribution >= 0.6 is 0 Å². The Labute approximate surface area is 158 Å². The van der Waals surface area contributed by atoms with Gasteiger partial charge >= 0.3 is 0 Å². The van der Waals surface area contributed by atoms with Crippen LogP contribution < -0.4 is 10.3 Å². The fraction of sp³-hybridized carbons (Fsp3) is 0.273. The number of fused-ring (bicyclic) bond motifs is 1. The van der Waals surface area contributed by atoms with E-state index in [0.29, 0.717) is 12.1 Å². The van der Waals surface area contributed by atoms with Crippen molar-refractivity contribution < 1.29 is 9.53 Å². The molecular weight excluding hydrogens is 340 g/mol. The van der Waals surface area contributed by atoms with Crippen molar-refractivity contribution in [2.45, 2.75) is 33.4 Å². The Bertz CT molecular complexity index is 1020. The smallest absolute Gasteiger partial charge is 0.253 e. The van der Waals surface area contributed by atoms with Gasteiger partial charge in [-0.2, -0.15) is 0 Å². The summed E-state index contributed by atoms with van der Waals surface area (Å²) >= 11 is 0. The summed E-state index contributed by atoms with van der Waals surface area (Å²) in [5.74, 6) is 0.631. The maximum absolute atomic E-state index is 12.5. The number of carbonyl (C=O) groups excluding carboxylic acids is 1. The van der Waals surface area contributed by atoms with Crippen LogP contribution in [0.3, 0.4) is 0 Å². The zero-order chi connectivity index (χ0) is 19.4. The second-order valence-corrected chi connectivity index (χ2v) is 6.59. The van der Waals surface area contributed by atoms with Gasteiger partial charge in [-0.3, -0.25) is 9.59 Å². The first-order valence-corrected chi connectivity index (χ1v) is 9.04. The van der Waals surface area contributed by atoms with Gasteiger partial charge < -0.3 is 14.6 Å². The first-order chi connectivity index (χ1) is 13.0. The first-order valence-electron chi connectivity index (χ1n) is 9.04. The molecule has 0 saturated carbocycles. The maximum Gasteiger partial charge on any atom is 0.253 e. The van der Waals surface area contributed by atoms with Gasteiger partial charge in [0.1, 0.15) is 5.75 Å². The maximum atomic E-state index is 12.5. The third-order valence-corrected chi connectivity index (χ3v) is 4.75. The molecule has 0 spiro atoms. The number of para-hydroxylation sites is 1. The van der Waals surface area contributed by atoms with E-state index in [4.69, 9.17) is 4.74 Å². The Kier molecular flexibility index (Phi) is 5.60. The quantitative estimate of drug-likeness (QED) is 0.726. The zero-order valence-corrected chi connectivity index (χ0v) is 15.9. The van der Waals surface area contributed by atoms with Gasteiger partial charge in [0.05, 0.1) is 13.7 Å². The minimum Gasteiger partial charge on any atom is -0.496 e. The average Bonchev–Trinajstić information content (AvgIpc) is 2.67. The fourth-order valence-electron chi connectivity index (χ4n) is 3.16. The minimum absolute atomic E-state index is 0.0947. The molecule has 0 aliphatic heterocycles. The number of methoxy groups -OCH3 is 1. The second-order valence-electron chi connectivity index (χ2n) is 6.59. The molecule has 0 saturated heterocycles. The molecule has 0 aliphatic carbocycles. The summed E-state index contributed by atoms with van der Waals surface area (Å²) in [5, 5.41) is 0.977. The van der Waals surface area contributed by atoms with Crippen molar-refractivity contribution in [1.82, 2.24) is 9.88 Å². The number of rotatable bonds is 6. The topological polar surface area (TPSA) is 62.4 Å². The van der Waals surface area contributed by atoms with E-state index in [1.165, 1.54) is 12.5 Å². The van der Waals surface area contributed by atoms with Crippen LogP contribution in [-0.4, -0.2) is 22.9 Å². The number of carbonyl (C=O) groups is 1. The van der Waals surface area contributed by atoms with Crippen LogP contribution in [0.15, 0.2) is 53.3 Å². The molecule has 1 amide bonds. The molecule has 0 fully saturated rings. The lowest BCUT2D eigenvalue weighted by molar-refractivity contribution is -0.130. The van der Waals surface area contributed by atoms with E-state index in [2.05, 4.69) is 18.0 Å². The Hall–Kier alpha value is -3.08. The molecule has 0 aliphatic rings. The predicted molar refractivity (Wildman–Crippen MR) is 107 cm³/mol. The molecule has 1 heterocycles. The highest BCUT2D eigenvalue weighted by atomic mass is 16.5. The number of nitrogens with one attached hydrogen (secondary N) is 1. The lowest BCUT2D eigenvalue weighted by Crippen LogP contribution is -2.30. The zero-order valence-electron chi connectivity index (χ0n) is 15.9. The highest BCUT2D eigenvalue weighted by Crippen LogP contribution is 2.21. The number of hydrogen-bond donors (Lipinski definition) is 1. The van der Waals surface area contributed by atoms with E-state index >= 15 is 0 Å². The van der Waals surface area contributed by atoms with Gasteiger partial charge in [0.2, 0.25) is 5.91 Å². The predicted octanol–water partition coefficient (Wildman–Crippen LogP) is 3.65. The molecule has 0 bridgehead atoms. The van der Waals surface area contributed by atoms with Crippen LogP contribution in [0.5, 0.6) is 5.75 Å². The van der Waals surface area contributed by atoms with Crippen LogP contribution in [0.25, 0.3) is 10.9 Å². The average molecular weight is 364 g/mol. The number of benzene rings is 2. The number of amides is 1. The van der Waals surface area contributed by atoms with Gasteiger partial charge in [0.25, 0.3) is 5.56 Å². The van der Waals surface area contributed by atoms with Gasteiger partial charge in [0.15, 0.2) is 0 Å². The number of aryl methyl sites for hydroxylation is 1. The Balaban J connectivity index is 1.93. The third-order valence-electron chi connectivity index (χ3n) is 4.75. The highest BCUT2D eigenvalue weighted by Gasteiger charge is 2.15. The van der Waals surface area contributed by atoms with Crippen molar-refractivity contribution in [3.63, 3.8) is 0 Å². The van der Waals surface area contributed by atoms with E-state index < -0.39 is 0 Å².